The standard InChI is InChI=1S/C17H16ClFN4O/c1-2-8-23(17(20)24)16-12-9-11(10-6-4-3-5-7-10)13(18)14(19)15(12)21-22-16/h3-7,9H,2,8H2,1H3,(H2,20,24)(H,21,22). The van der Waals surface area contributed by atoms with Crippen LogP contribution in [0.4, 0.5) is 15.0 Å². The van der Waals surface area contributed by atoms with Crippen LogP contribution in [0.3, 0.4) is 0 Å². The summed E-state index contributed by atoms with van der Waals surface area (Å²) in [6.45, 7) is 2.30. The van der Waals surface area contributed by atoms with Crippen LogP contribution in [0.1, 0.15) is 13.3 Å². The molecule has 3 aromatic rings. The van der Waals surface area contributed by atoms with Crippen LogP contribution < -0.4 is 10.6 Å². The zero-order valence-electron chi connectivity index (χ0n) is 13.0. The van der Waals surface area contributed by atoms with Gasteiger partial charge in [-0.05, 0) is 18.1 Å². The summed E-state index contributed by atoms with van der Waals surface area (Å²) in [5, 5.41) is 7.15. The van der Waals surface area contributed by atoms with Gasteiger partial charge in [0.25, 0.3) is 0 Å². The summed E-state index contributed by atoms with van der Waals surface area (Å²) >= 11 is 6.19. The summed E-state index contributed by atoms with van der Waals surface area (Å²) in [6.07, 6.45) is 0.693. The second kappa shape index (κ2) is 6.49. The molecule has 0 saturated heterocycles. The van der Waals surface area contributed by atoms with E-state index in [-0.39, 0.29) is 10.5 Å². The van der Waals surface area contributed by atoms with E-state index in [4.69, 9.17) is 17.3 Å². The van der Waals surface area contributed by atoms with E-state index in [1.54, 1.807) is 6.07 Å². The zero-order valence-corrected chi connectivity index (χ0v) is 13.8. The number of nitrogens with two attached hydrogens (primary N) is 1. The molecule has 0 atom stereocenters. The molecule has 5 nitrogen and oxygen atoms in total. The third-order valence-corrected chi connectivity index (χ3v) is 4.14. The van der Waals surface area contributed by atoms with E-state index >= 15 is 0 Å². The van der Waals surface area contributed by atoms with E-state index in [0.29, 0.717) is 29.7 Å². The number of aromatic nitrogens is 2. The third-order valence-electron chi connectivity index (χ3n) is 3.77. The van der Waals surface area contributed by atoms with Crippen molar-refractivity contribution in [2.45, 2.75) is 13.3 Å². The highest BCUT2D eigenvalue weighted by Gasteiger charge is 2.22. The Bertz CT molecular complexity index is 894. The van der Waals surface area contributed by atoms with Crippen molar-refractivity contribution in [3.63, 3.8) is 0 Å². The predicted molar refractivity (Wildman–Crippen MR) is 93.7 cm³/mol. The minimum Gasteiger partial charge on any atom is -0.351 e. The molecule has 2 aromatic carbocycles. The lowest BCUT2D eigenvalue weighted by atomic mass is 10.0. The van der Waals surface area contributed by atoms with Crippen molar-refractivity contribution >= 4 is 34.4 Å². The number of fused-ring (bicyclic) bond motifs is 1. The molecule has 24 heavy (non-hydrogen) atoms. The number of hydrogen-bond donors (Lipinski definition) is 2. The van der Waals surface area contributed by atoms with Gasteiger partial charge in [-0.25, -0.2) is 9.18 Å². The summed E-state index contributed by atoms with van der Waals surface area (Å²) < 4.78 is 14.7. The van der Waals surface area contributed by atoms with Crippen molar-refractivity contribution in [2.75, 3.05) is 11.4 Å². The molecule has 0 unspecified atom stereocenters. The van der Waals surface area contributed by atoms with Crippen LogP contribution in [0.15, 0.2) is 36.4 Å². The van der Waals surface area contributed by atoms with Crippen molar-refractivity contribution in [2.24, 2.45) is 5.73 Å². The van der Waals surface area contributed by atoms with Crippen LogP contribution in [0.5, 0.6) is 0 Å². The van der Waals surface area contributed by atoms with Gasteiger partial charge in [0, 0.05) is 17.5 Å². The Balaban J connectivity index is 2.25. The largest absolute Gasteiger partial charge is 0.351 e. The number of rotatable bonds is 4. The Hall–Kier alpha value is -2.60. The van der Waals surface area contributed by atoms with E-state index in [2.05, 4.69) is 10.2 Å². The molecule has 0 bridgehead atoms. The molecule has 0 radical (unpaired) electrons. The van der Waals surface area contributed by atoms with Crippen LogP contribution in [0.25, 0.3) is 22.0 Å². The summed E-state index contributed by atoms with van der Waals surface area (Å²) in [5.41, 5.74) is 6.89. The average Bonchev–Trinajstić information content (AvgIpc) is 3.00. The summed E-state index contributed by atoms with van der Waals surface area (Å²) in [4.78, 5) is 13.0. The first kappa shape index (κ1) is 16.3. The summed E-state index contributed by atoms with van der Waals surface area (Å²) in [7, 11) is 0. The number of hydrogen-bond acceptors (Lipinski definition) is 2. The SMILES string of the molecule is CCCN(C(N)=O)c1n[nH]c2c(F)c(Cl)c(-c3ccccc3)cc12. The van der Waals surface area contributed by atoms with E-state index in [1.165, 1.54) is 4.90 Å². The van der Waals surface area contributed by atoms with Crippen LogP contribution in [0, 0.1) is 5.82 Å². The molecule has 0 saturated carbocycles. The molecule has 0 fully saturated rings. The van der Waals surface area contributed by atoms with Gasteiger partial charge in [-0.2, -0.15) is 5.10 Å². The van der Waals surface area contributed by atoms with Gasteiger partial charge in [-0.15, -0.1) is 0 Å². The summed E-state index contributed by atoms with van der Waals surface area (Å²) in [5.74, 6) is -0.306. The van der Waals surface area contributed by atoms with E-state index in [1.807, 2.05) is 37.3 Å². The van der Waals surface area contributed by atoms with Gasteiger partial charge in [0.2, 0.25) is 0 Å². The van der Waals surface area contributed by atoms with Gasteiger partial charge in [-0.3, -0.25) is 10.00 Å². The Morgan fingerprint density at radius 1 is 1.38 bits per heavy atom. The number of urea groups is 1. The number of anilines is 1. The van der Waals surface area contributed by atoms with Crippen LogP contribution in [-0.4, -0.2) is 22.8 Å². The number of H-pyrrole nitrogens is 1. The fourth-order valence-corrected chi connectivity index (χ4v) is 2.92. The molecule has 0 aliphatic rings. The lowest BCUT2D eigenvalue weighted by Crippen LogP contribution is -2.36. The number of nitrogens with zero attached hydrogens (tertiary/aromatic N) is 2. The van der Waals surface area contributed by atoms with Gasteiger partial charge < -0.3 is 5.73 Å². The third kappa shape index (κ3) is 2.69. The topological polar surface area (TPSA) is 75.0 Å². The Kier molecular flexibility index (Phi) is 4.40. The first-order valence-electron chi connectivity index (χ1n) is 7.53. The number of carbonyl (C=O) groups excluding carboxylic acids is 1. The highest BCUT2D eigenvalue weighted by atomic mass is 35.5. The Labute approximate surface area is 143 Å². The smallest absolute Gasteiger partial charge is 0.320 e. The molecule has 0 aliphatic carbocycles. The van der Waals surface area contributed by atoms with E-state index in [9.17, 15) is 9.18 Å². The maximum Gasteiger partial charge on any atom is 0.320 e. The number of halogens is 2. The lowest BCUT2D eigenvalue weighted by molar-refractivity contribution is 0.254. The molecule has 7 heteroatoms. The fraction of sp³-hybridized carbons (Fsp3) is 0.176. The highest BCUT2D eigenvalue weighted by Crippen LogP contribution is 2.37. The van der Waals surface area contributed by atoms with Crippen molar-refractivity contribution in [3.8, 4) is 11.1 Å². The monoisotopic (exact) mass is 346 g/mol. The predicted octanol–water partition coefficient (Wildman–Crippen LogP) is 4.32. The van der Waals surface area contributed by atoms with E-state index < -0.39 is 11.8 Å². The van der Waals surface area contributed by atoms with Gasteiger partial charge in [-0.1, -0.05) is 48.9 Å². The van der Waals surface area contributed by atoms with Crippen molar-refractivity contribution < 1.29 is 9.18 Å². The molecular formula is C17H16ClFN4O. The molecule has 3 rings (SSSR count). The van der Waals surface area contributed by atoms with Crippen molar-refractivity contribution in [1.82, 2.24) is 10.2 Å². The van der Waals surface area contributed by atoms with E-state index in [0.717, 1.165) is 5.56 Å². The second-order valence-electron chi connectivity index (χ2n) is 5.38. The number of primary amides is 1. The summed E-state index contributed by atoms with van der Waals surface area (Å²) in [6, 6.07) is 10.3. The Morgan fingerprint density at radius 3 is 2.71 bits per heavy atom. The molecule has 1 heterocycles. The molecule has 0 aliphatic heterocycles. The van der Waals surface area contributed by atoms with Crippen LogP contribution in [-0.2, 0) is 0 Å². The van der Waals surface area contributed by atoms with Crippen LogP contribution in [0.2, 0.25) is 5.02 Å². The van der Waals surface area contributed by atoms with Crippen molar-refractivity contribution in [1.29, 1.82) is 0 Å². The fourth-order valence-electron chi connectivity index (χ4n) is 2.66. The number of carbonyl (C=O) groups is 1. The number of aromatic amines is 1. The second-order valence-corrected chi connectivity index (χ2v) is 5.76. The molecular weight excluding hydrogens is 331 g/mol. The lowest BCUT2D eigenvalue weighted by Gasteiger charge is -2.17. The van der Waals surface area contributed by atoms with Gasteiger partial charge in [0.05, 0.1) is 5.02 Å². The average molecular weight is 347 g/mol. The Morgan fingerprint density at radius 2 is 2.08 bits per heavy atom. The maximum atomic E-state index is 14.7. The first-order chi connectivity index (χ1) is 11.5. The number of amides is 2. The normalized spacial score (nSPS) is 11.0. The maximum absolute atomic E-state index is 14.7. The molecule has 124 valence electrons. The minimum atomic E-state index is -0.637. The number of benzene rings is 2. The molecule has 0 spiro atoms. The van der Waals surface area contributed by atoms with Gasteiger partial charge in [0.1, 0.15) is 5.52 Å². The van der Waals surface area contributed by atoms with Gasteiger partial charge >= 0.3 is 6.03 Å². The molecule has 1 aromatic heterocycles. The number of nitrogens with one attached hydrogen (secondary N) is 1. The zero-order chi connectivity index (χ0) is 17.3. The quantitative estimate of drug-likeness (QED) is 0.738. The highest BCUT2D eigenvalue weighted by molar-refractivity contribution is 6.34. The molecule has 2 amide bonds. The van der Waals surface area contributed by atoms with Crippen LogP contribution >= 0.6 is 11.6 Å². The minimum absolute atomic E-state index is 0.00464. The molecule has 3 N–H and O–H groups in total. The van der Waals surface area contributed by atoms with Gasteiger partial charge in [0.15, 0.2) is 11.6 Å². The first-order valence-corrected chi connectivity index (χ1v) is 7.90. The van der Waals surface area contributed by atoms with Crippen molar-refractivity contribution in [3.05, 3.63) is 47.2 Å².